The summed E-state index contributed by atoms with van der Waals surface area (Å²) in [6, 6.07) is 0.453. The summed E-state index contributed by atoms with van der Waals surface area (Å²) in [4.78, 5) is 15.3. The molecule has 0 aliphatic carbocycles. The van der Waals surface area contributed by atoms with Gasteiger partial charge in [0, 0.05) is 12.6 Å². The second-order valence-corrected chi connectivity index (χ2v) is 5.25. The largest absolute Gasteiger partial charge is 0.480 e. The number of rotatable bonds is 5. The van der Waals surface area contributed by atoms with Crippen LogP contribution in [0.3, 0.4) is 0 Å². The molecule has 1 aliphatic rings. The van der Waals surface area contributed by atoms with Gasteiger partial charge in [0.1, 0.15) is 0 Å². The SMILES string of the molecule is CC(C)CN(CC(=O)O)C1CCN(C)CC1. The van der Waals surface area contributed by atoms with E-state index < -0.39 is 5.97 Å². The Morgan fingerprint density at radius 3 is 2.44 bits per heavy atom. The monoisotopic (exact) mass is 228 g/mol. The van der Waals surface area contributed by atoms with Crippen LogP contribution >= 0.6 is 0 Å². The van der Waals surface area contributed by atoms with E-state index in [1.165, 1.54) is 0 Å². The number of carboxylic acids is 1. The molecule has 0 atom stereocenters. The van der Waals surface area contributed by atoms with E-state index in [1.54, 1.807) is 0 Å². The van der Waals surface area contributed by atoms with Crippen LogP contribution < -0.4 is 0 Å². The highest BCUT2D eigenvalue weighted by molar-refractivity contribution is 5.69. The van der Waals surface area contributed by atoms with Crippen molar-refractivity contribution in [3.63, 3.8) is 0 Å². The summed E-state index contributed by atoms with van der Waals surface area (Å²) in [6.07, 6.45) is 2.19. The van der Waals surface area contributed by atoms with Crippen LogP contribution in [0.1, 0.15) is 26.7 Å². The van der Waals surface area contributed by atoms with Crippen molar-refractivity contribution in [3.8, 4) is 0 Å². The Balaban J connectivity index is 2.50. The highest BCUT2D eigenvalue weighted by Crippen LogP contribution is 2.16. The molecule has 0 saturated carbocycles. The first-order valence-electron chi connectivity index (χ1n) is 6.13. The summed E-state index contributed by atoms with van der Waals surface area (Å²) in [5.74, 6) is -0.182. The van der Waals surface area contributed by atoms with Crippen LogP contribution in [0, 0.1) is 5.92 Å². The van der Waals surface area contributed by atoms with Gasteiger partial charge in [0.25, 0.3) is 0 Å². The van der Waals surface area contributed by atoms with Gasteiger partial charge >= 0.3 is 5.97 Å². The Morgan fingerprint density at radius 1 is 1.44 bits per heavy atom. The van der Waals surface area contributed by atoms with Gasteiger partial charge in [0.05, 0.1) is 6.54 Å². The molecule has 0 bridgehead atoms. The molecule has 94 valence electrons. The molecule has 1 rings (SSSR count). The number of carbonyl (C=O) groups is 1. The van der Waals surface area contributed by atoms with Crippen LogP contribution in [0.5, 0.6) is 0 Å². The minimum atomic E-state index is -0.709. The Bertz CT molecular complexity index is 223. The van der Waals surface area contributed by atoms with Crippen LogP contribution in [0.25, 0.3) is 0 Å². The summed E-state index contributed by atoms with van der Waals surface area (Å²) in [6.45, 7) is 7.53. The van der Waals surface area contributed by atoms with Crippen molar-refractivity contribution in [1.82, 2.24) is 9.80 Å². The maximum atomic E-state index is 10.8. The lowest BCUT2D eigenvalue weighted by atomic mass is 10.0. The Morgan fingerprint density at radius 2 is 2.00 bits per heavy atom. The molecule has 0 spiro atoms. The van der Waals surface area contributed by atoms with Crippen LogP contribution in [-0.2, 0) is 4.79 Å². The molecular weight excluding hydrogens is 204 g/mol. The number of aliphatic carboxylic acids is 1. The quantitative estimate of drug-likeness (QED) is 0.766. The van der Waals surface area contributed by atoms with Gasteiger partial charge in [-0.1, -0.05) is 13.8 Å². The molecule has 1 heterocycles. The van der Waals surface area contributed by atoms with Gasteiger partial charge in [-0.15, -0.1) is 0 Å². The van der Waals surface area contributed by atoms with Crippen molar-refractivity contribution < 1.29 is 9.90 Å². The summed E-state index contributed by atoms with van der Waals surface area (Å²) in [5.41, 5.74) is 0. The van der Waals surface area contributed by atoms with Crippen molar-refractivity contribution in [2.45, 2.75) is 32.7 Å². The molecule has 0 aromatic heterocycles. The van der Waals surface area contributed by atoms with Crippen LogP contribution in [0.15, 0.2) is 0 Å². The molecule has 1 saturated heterocycles. The molecule has 16 heavy (non-hydrogen) atoms. The van der Waals surface area contributed by atoms with Gasteiger partial charge in [-0.3, -0.25) is 9.69 Å². The molecular formula is C12H24N2O2. The zero-order chi connectivity index (χ0) is 12.1. The second-order valence-electron chi connectivity index (χ2n) is 5.25. The molecule has 4 nitrogen and oxygen atoms in total. The van der Waals surface area contributed by atoms with Crippen LogP contribution in [-0.4, -0.2) is 60.1 Å². The van der Waals surface area contributed by atoms with Crippen LogP contribution in [0.2, 0.25) is 0 Å². The van der Waals surface area contributed by atoms with Crippen molar-refractivity contribution in [3.05, 3.63) is 0 Å². The topological polar surface area (TPSA) is 43.8 Å². The average Bonchev–Trinajstić information content (AvgIpc) is 2.16. The van der Waals surface area contributed by atoms with Gasteiger partial charge < -0.3 is 10.0 Å². The maximum Gasteiger partial charge on any atom is 0.317 e. The Labute approximate surface area is 98.2 Å². The summed E-state index contributed by atoms with van der Waals surface area (Å²) < 4.78 is 0. The third-order valence-electron chi connectivity index (χ3n) is 3.14. The number of hydrogen-bond donors (Lipinski definition) is 1. The number of piperidine rings is 1. The van der Waals surface area contributed by atoms with Crippen molar-refractivity contribution in [1.29, 1.82) is 0 Å². The van der Waals surface area contributed by atoms with E-state index in [4.69, 9.17) is 5.11 Å². The van der Waals surface area contributed by atoms with Crippen LogP contribution in [0.4, 0.5) is 0 Å². The second kappa shape index (κ2) is 6.21. The minimum Gasteiger partial charge on any atom is -0.480 e. The Hall–Kier alpha value is -0.610. The number of carboxylic acid groups (broad SMARTS) is 1. The predicted molar refractivity (Wildman–Crippen MR) is 64.6 cm³/mol. The number of likely N-dealkylation sites (tertiary alicyclic amines) is 1. The Kier molecular flexibility index (Phi) is 5.22. The minimum absolute atomic E-state index is 0.187. The molecule has 0 aromatic carbocycles. The highest BCUT2D eigenvalue weighted by Gasteiger charge is 2.24. The van der Waals surface area contributed by atoms with Gasteiger partial charge in [-0.05, 0) is 38.9 Å². The highest BCUT2D eigenvalue weighted by atomic mass is 16.4. The van der Waals surface area contributed by atoms with Gasteiger partial charge in [-0.25, -0.2) is 0 Å². The summed E-state index contributed by atoms with van der Waals surface area (Å²) in [7, 11) is 2.13. The van der Waals surface area contributed by atoms with Crippen molar-refractivity contribution >= 4 is 5.97 Å². The normalized spacial score (nSPS) is 19.6. The zero-order valence-electron chi connectivity index (χ0n) is 10.6. The van der Waals surface area contributed by atoms with E-state index >= 15 is 0 Å². The molecule has 1 fully saturated rings. The zero-order valence-corrected chi connectivity index (χ0v) is 10.6. The van der Waals surface area contributed by atoms with Gasteiger partial charge in [-0.2, -0.15) is 0 Å². The fourth-order valence-corrected chi connectivity index (χ4v) is 2.35. The molecule has 0 radical (unpaired) electrons. The molecule has 1 aliphatic heterocycles. The lowest BCUT2D eigenvalue weighted by molar-refractivity contribution is -0.139. The third-order valence-corrected chi connectivity index (χ3v) is 3.14. The van der Waals surface area contributed by atoms with E-state index in [1.807, 2.05) is 0 Å². The van der Waals surface area contributed by atoms with Crippen molar-refractivity contribution in [2.75, 3.05) is 33.2 Å². The molecule has 0 unspecified atom stereocenters. The number of hydrogen-bond acceptors (Lipinski definition) is 3. The smallest absolute Gasteiger partial charge is 0.317 e. The average molecular weight is 228 g/mol. The summed E-state index contributed by atoms with van der Waals surface area (Å²) >= 11 is 0. The third kappa shape index (κ3) is 4.49. The molecule has 0 aromatic rings. The first kappa shape index (κ1) is 13.5. The lowest BCUT2D eigenvalue weighted by Crippen LogP contribution is -2.46. The van der Waals surface area contributed by atoms with Gasteiger partial charge in [0.2, 0.25) is 0 Å². The maximum absolute atomic E-state index is 10.8. The predicted octanol–water partition coefficient (Wildman–Crippen LogP) is 1.12. The first-order chi connectivity index (χ1) is 7.49. The van der Waals surface area contributed by atoms with E-state index in [9.17, 15) is 4.79 Å². The van der Waals surface area contributed by atoms with E-state index in [0.29, 0.717) is 12.0 Å². The van der Waals surface area contributed by atoms with Gasteiger partial charge in [0.15, 0.2) is 0 Å². The first-order valence-corrected chi connectivity index (χ1v) is 6.13. The molecule has 4 heteroatoms. The summed E-state index contributed by atoms with van der Waals surface area (Å²) in [5, 5.41) is 8.93. The van der Waals surface area contributed by atoms with E-state index in [2.05, 4.69) is 30.7 Å². The molecule has 1 N–H and O–H groups in total. The number of nitrogens with zero attached hydrogens (tertiary/aromatic N) is 2. The standard InChI is InChI=1S/C12H24N2O2/c1-10(2)8-14(9-12(15)16)11-4-6-13(3)7-5-11/h10-11H,4-9H2,1-3H3,(H,15,16). The molecule has 0 amide bonds. The lowest BCUT2D eigenvalue weighted by Gasteiger charge is -2.37. The fourth-order valence-electron chi connectivity index (χ4n) is 2.35. The fraction of sp³-hybridized carbons (Fsp3) is 0.917. The van der Waals surface area contributed by atoms with Crippen molar-refractivity contribution in [2.24, 2.45) is 5.92 Å². The van der Waals surface area contributed by atoms with E-state index in [-0.39, 0.29) is 6.54 Å². The van der Waals surface area contributed by atoms with E-state index in [0.717, 1.165) is 32.5 Å².